The first kappa shape index (κ1) is 15.1. The summed E-state index contributed by atoms with van der Waals surface area (Å²) >= 11 is 13.8. The molecule has 2 rings (SSSR count). The van der Waals surface area contributed by atoms with Crippen LogP contribution in [0.3, 0.4) is 0 Å². The van der Waals surface area contributed by atoms with Gasteiger partial charge in [0, 0.05) is 9.50 Å². The SMILES string of the molecule is Cc1ccc(C(Br)c2cc(C)c(C)cc2Cl)c(Br)c1. The quantitative estimate of drug-likeness (QED) is 0.502. The van der Waals surface area contributed by atoms with Crippen molar-refractivity contribution in [1.29, 1.82) is 0 Å². The van der Waals surface area contributed by atoms with Gasteiger partial charge in [-0.2, -0.15) is 0 Å². The smallest absolute Gasteiger partial charge is 0.0670 e. The Bertz CT molecular complexity index is 620. The van der Waals surface area contributed by atoms with Gasteiger partial charge in [-0.25, -0.2) is 0 Å². The lowest BCUT2D eigenvalue weighted by Crippen LogP contribution is -1.97. The third-order valence-electron chi connectivity index (χ3n) is 3.32. The van der Waals surface area contributed by atoms with E-state index in [0.29, 0.717) is 0 Å². The van der Waals surface area contributed by atoms with Crippen molar-refractivity contribution in [2.75, 3.05) is 0 Å². The molecule has 2 aromatic rings. The van der Waals surface area contributed by atoms with Crippen molar-refractivity contribution in [3.05, 3.63) is 67.6 Å². The Kier molecular flexibility index (Phi) is 4.75. The predicted octanol–water partition coefficient (Wildman–Crippen LogP) is 6.51. The Balaban J connectivity index is 2.49. The summed E-state index contributed by atoms with van der Waals surface area (Å²) in [4.78, 5) is 0.0919. The van der Waals surface area contributed by atoms with Gasteiger partial charge in [-0.3, -0.25) is 0 Å². The largest absolute Gasteiger partial charge is 0.0840 e. The topological polar surface area (TPSA) is 0 Å². The number of benzene rings is 2. The van der Waals surface area contributed by atoms with Crippen LogP contribution in [-0.2, 0) is 0 Å². The number of hydrogen-bond donors (Lipinski definition) is 0. The van der Waals surface area contributed by atoms with Crippen LogP contribution in [0.25, 0.3) is 0 Å². The van der Waals surface area contributed by atoms with Gasteiger partial charge in [-0.05, 0) is 60.7 Å². The van der Waals surface area contributed by atoms with Gasteiger partial charge >= 0.3 is 0 Å². The first-order valence-corrected chi connectivity index (χ1v) is 8.15. The maximum absolute atomic E-state index is 6.38. The summed E-state index contributed by atoms with van der Waals surface area (Å²) in [6.07, 6.45) is 0. The van der Waals surface area contributed by atoms with Crippen molar-refractivity contribution in [3.8, 4) is 0 Å². The minimum atomic E-state index is 0.0919. The molecule has 0 aliphatic heterocycles. The molecule has 0 aliphatic rings. The van der Waals surface area contributed by atoms with Crippen molar-refractivity contribution in [2.45, 2.75) is 25.6 Å². The van der Waals surface area contributed by atoms with Crippen LogP contribution in [0.5, 0.6) is 0 Å². The van der Waals surface area contributed by atoms with Crippen LogP contribution < -0.4 is 0 Å². The van der Waals surface area contributed by atoms with Gasteiger partial charge in [0.05, 0.1) is 4.83 Å². The van der Waals surface area contributed by atoms with Gasteiger partial charge < -0.3 is 0 Å². The lowest BCUT2D eigenvalue weighted by molar-refractivity contribution is 1.14. The van der Waals surface area contributed by atoms with Crippen molar-refractivity contribution in [2.24, 2.45) is 0 Å². The van der Waals surface area contributed by atoms with Gasteiger partial charge in [0.2, 0.25) is 0 Å². The van der Waals surface area contributed by atoms with Crippen LogP contribution in [0.4, 0.5) is 0 Å². The molecule has 0 aliphatic carbocycles. The molecule has 0 saturated carbocycles. The molecule has 0 heterocycles. The molecule has 0 aromatic heterocycles. The Labute approximate surface area is 136 Å². The first-order chi connectivity index (χ1) is 8.90. The van der Waals surface area contributed by atoms with E-state index in [1.165, 1.54) is 22.3 Å². The third-order valence-corrected chi connectivity index (χ3v) is 5.32. The van der Waals surface area contributed by atoms with E-state index in [-0.39, 0.29) is 4.83 Å². The summed E-state index contributed by atoms with van der Waals surface area (Å²) in [6.45, 7) is 6.27. The predicted molar refractivity (Wildman–Crippen MR) is 90.6 cm³/mol. The van der Waals surface area contributed by atoms with E-state index in [4.69, 9.17) is 11.6 Å². The van der Waals surface area contributed by atoms with Crippen molar-refractivity contribution in [1.82, 2.24) is 0 Å². The van der Waals surface area contributed by atoms with E-state index in [1.54, 1.807) is 0 Å². The Morgan fingerprint density at radius 3 is 2.21 bits per heavy atom. The molecule has 100 valence electrons. The maximum Gasteiger partial charge on any atom is 0.0670 e. The van der Waals surface area contributed by atoms with Gasteiger partial charge in [0.15, 0.2) is 0 Å². The molecular weight excluding hydrogens is 387 g/mol. The average Bonchev–Trinajstić information content (AvgIpc) is 2.33. The van der Waals surface area contributed by atoms with Crippen LogP contribution >= 0.6 is 43.5 Å². The molecule has 0 spiro atoms. The molecule has 0 nitrogen and oxygen atoms in total. The molecule has 0 saturated heterocycles. The molecule has 0 bridgehead atoms. The molecule has 19 heavy (non-hydrogen) atoms. The highest BCUT2D eigenvalue weighted by molar-refractivity contribution is 9.11. The fourth-order valence-electron chi connectivity index (χ4n) is 2.00. The van der Waals surface area contributed by atoms with Crippen LogP contribution in [0, 0.1) is 20.8 Å². The molecule has 0 N–H and O–H groups in total. The van der Waals surface area contributed by atoms with E-state index in [1.807, 2.05) is 6.07 Å². The molecular formula is C16H15Br2Cl. The summed E-state index contributed by atoms with van der Waals surface area (Å²) < 4.78 is 1.10. The molecule has 0 amide bonds. The normalized spacial score (nSPS) is 12.5. The molecule has 0 radical (unpaired) electrons. The molecule has 3 heteroatoms. The summed E-state index contributed by atoms with van der Waals surface area (Å²) in [5.41, 5.74) is 6.01. The molecule has 2 aromatic carbocycles. The summed E-state index contributed by atoms with van der Waals surface area (Å²) in [5, 5.41) is 0.803. The fourth-order valence-corrected chi connectivity index (χ4v) is 4.27. The monoisotopic (exact) mass is 400 g/mol. The Morgan fingerprint density at radius 1 is 0.947 bits per heavy atom. The zero-order valence-corrected chi connectivity index (χ0v) is 15.0. The number of rotatable bonds is 2. The standard InChI is InChI=1S/C16H15Br2Cl/c1-9-4-5-12(14(17)6-9)16(18)13-7-10(2)11(3)8-15(13)19/h4-8,16H,1-3H3. The summed E-state index contributed by atoms with van der Waals surface area (Å²) in [6, 6.07) is 10.6. The van der Waals surface area contributed by atoms with Gasteiger partial charge in [-0.1, -0.05) is 61.7 Å². The van der Waals surface area contributed by atoms with Gasteiger partial charge in [-0.15, -0.1) is 0 Å². The van der Waals surface area contributed by atoms with E-state index >= 15 is 0 Å². The van der Waals surface area contributed by atoms with Gasteiger partial charge in [0.1, 0.15) is 0 Å². The second-order valence-corrected chi connectivity index (χ2v) is 7.02. The second-order valence-electron chi connectivity index (χ2n) is 4.85. The van der Waals surface area contributed by atoms with E-state index < -0.39 is 0 Å². The molecule has 1 unspecified atom stereocenters. The zero-order valence-electron chi connectivity index (χ0n) is 11.1. The maximum atomic E-state index is 6.38. The summed E-state index contributed by atoms with van der Waals surface area (Å²) in [7, 11) is 0. The van der Waals surface area contributed by atoms with Crippen LogP contribution in [0.2, 0.25) is 5.02 Å². The minimum Gasteiger partial charge on any atom is -0.0840 e. The lowest BCUT2D eigenvalue weighted by atomic mass is 9.99. The number of aryl methyl sites for hydroxylation is 3. The highest BCUT2D eigenvalue weighted by Gasteiger charge is 2.17. The minimum absolute atomic E-state index is 0.0919. The zero-order chi connectivity index (χ0) is 14.2. The second kappa shape index (κ2) is 5.99. The van der Waals surface area contributed by atoms with Crippen LogP contribution in [0.15, 0.2) is 34.8 Å². The molecule has 1 atom stereocenters. The Hall–Kier alpha value is -0.310. The highest BCUT2D eigenvalue weighted by atomic mass is 79.9. The fraction of sp³-hybridized carbons (Fsp3) is 0.250. The first-order valence-electron chi connectivity index (χ1n) is 6.07. The number of hydrogen-bond acceptors (Lipinski definition) is 0. The Morgan fingerprint density at radius 2 is 1.58 bits per heavy atom. The number of alkyl halides is 1. The lowest BCUT2D eigenvalue weighted by Gasteiger charge is -2.16. The van der Waals surface area contributed by atoms with Crippen LogP contribution in [-0.4, -0.2) is 0 Å². The van der Waals surface area contributed by atoms with Crippen molar-refractivity contribution < 1.29 is 0 Å². The van der Waals surface area contributed by atoms with E-state index in [2.05, 4.69) is 76.9 Å². The highest BCUT2D eigenvalue weighted by Crippen LogP contribution is 2.39. The third kappa shape index (κ3) is 3.24. The van der Waals surface area contributed by atoms with E-state index in [9.17, 15) is 0 Å². The summed E-state index contributed by atoms with van der Waals surface area (Å²) in [5.74, 6) is 0. The van der Waals surface area contributed by atoms with Crippen molar-refractivity contribution >= 4 is 43.5 Å². The van der Waals surface area contributed by atoms with Crippen molar-refractivity contribution in [3.63, 3.8) is 0 Å². The number of halogens is 3. The average molecular weight is 403 g/mol. The van der Waals surface area contributed by atoms with E-state index in [0.717, 1.165) is 15.1 Å². The van der Waals surface area contributed by atoms with Crippen LogP contribution in [0.1, 0.15) is 32.6 Å². The van der Waals surface area contributed by atoms with Gasteiger partial charge in [0.25, 0.3) is 0 Å². The molecule has 0 fully saturated rings.